The van der Waals surface area contributed by atoms with Gasteiger partial charge in [-0.05, 0) is 61.2 Å². The minimum Gasteiger partial charge on any atom is -0.483 e. The van der Waals surface area contributed by atoms with Gasteiger partial charge in [-0.3, -0.25) is 19.2 Å². The van der Waals surface area contributed by atoms with Crippen LogP contribution in [0.3, 0.4) is 0 Å². The lowest BCUT2D eigenvalue weighted by Gasteiger charge is -2.30. The highest BCUT2D eigenvalue weighted by Crippen LogP contribution is 2.33. The summed E-state index contributed by atoms with van der Waals surface area (Å²) in [6, 6.07) is 17.6. The molecule has 0 unspecified atom stereocenters. The monoisotopic (exact) mass is 481 g/mol. The molecule has 0 aromatic heterocycles. The summed E-state index contributed by atoms with van der Waals surface area (Å²) in [7, 11) is -3.75. The number of para-hydroxylation sites is 1. The third-order valence-electron chi connectivity index (χ3n) is 5.50. The van der Waals surface area contributed by atoms with E-state index in [-0.39, 0.29) is 22.9 Å². The van der Waals surface area contributed by atoms with Crippen molar-refractivity contribution in [1.29, 1.82) is 0 Å². The van der Waals surface area contributed by atoms with Crippen LogP contribution < -0.4 is 14.4 Å². The number of non-ortho nitro benzene ring substituents is 1. The molecule has 1 amide bonds. The summed E-state index contributed by atoms with van der Waals surface area (Å²) < 4.78 is 33.7. The van der Waals surface area contributed by atoms with Gasteiger partial charge in [-0.1, -0.05) is 24.3 Å². The summed E-state index contributed by atoms with van der Waals surface area (Å²) >= 11 is 0. The SMILES string of the molecule is Cc1cc(S(=O)(=O)N2CCCc3ccccc32)ccc1OCC(=O)Nc1cccc([N+](=O)[O-])c1. The second-order valence-electron chi connectivity index (χ2n) is 7.88. The zero-order valence-electron chi connectivity index (χ0n) is 18.4. The molecule has 3 aromatic rings. The Labute approximate surface area is 197 Å². The summed E-state index contributed by atoms with van der Waals surface area (Å²) in [4.78, 5) is 22.7. The highest BCUT2D eigenvalue weighted by molar-refractivity contribution is 7.92. The maximum Gasteiger partial charge on any atom is 0.271 e. The van der Waals surface area contributed by atoms with Gasteiger partial charge in [0.25, 0.3) is 21.6 Å². The quantitative estimate of drug-likeness (QED) is 0.401. The average Bonchev–Trinajstić information content (AvgIpc) is 2.83. The summed E-state index contributed by atoms with van der Waals surface area (Å²) in [6.45, 7) is 1.78. The van der Waals surface area contributed by atoms with Crippen LogP contribution in [-0.4, -0.2) is 32.4 Å². The molecule has 0 radical (unpaired) electrons. The van der Waals surface area contributed by atoms with Crippen molar-refractivity contribution in [3.05, 3.63) is 88.0 Å². The number of carbonyl (C=O) groups excluding carboxylic acids is 1. The smallest absolute Gasteiger partial charge is 0.271 e. The molecule has 1 aliphatic heterocycles. The number of nitro groups is 1. The average molecular weight is 482 g/mol. The van der Waals surface area contributed by atoms with Crippen LogP contribution in [0.1, 0.15) is 17.5 Å². The minimum absolute atomic E-state index is 0.136. The van der Waals surface area contributed by atoms with E-state index in [9.17, 15) is 23.3 Å². The number of benzene rings is 3. The predicted octanol–water partition coefficient (Wildman–Crippen LogP) is 4.06. The number of nitrogens with zero attached hydrogens (tertiary/aromatic N) is 2. The van der Waals surface area contributed by atoms with Gasteiger partial charge in [-0.15, -0.1) is 0 Å². The Morgan fingerprint density at radius 3 is 2.68 bits per heavy atom. The highest BCUT2D eigenvalue weighted by atomic mass is 32.2. The van der Waals surface area contributed by atoms with E-state index in [2.05, 4.69) is 5.32 Å². The number of ether oxygens (including phenoxy) is 1. The molecule has 1 aliphatic rings. The molecule has 9 nitrogen and oxygen atoms in total. The van der Waals surface area contributed by atoms with Gasteiger partial charge < -0.3 is 10.1 Å². The maximum absolute atomic E-state index is 13.3. The zero-order valence-corrected chi connectivity index (χ0v) is 19.2. The van der Waals surface area contributed by atoms with Crippen molar-refractivity contribution in [3.63, 3.8) is 0 Å². The molecule has 10 heteroatoms. The molecule has 0 saturated carbocycles. The number of carbonyl (C=O) groups is 1. The summed E-state index contributed by atoms with van der Waals surface area (Å²) in [6.07, 6.45) is 1.59. The number of fused-ring (bicyclic) bond motifs is 1. The molecule has 0 spiro atoms. The molecule has 0 aliphatic carbocycles. The van der Waals surface area contributed by atoms with E-state index in [1.54, 1.807) is 6.92 Å². The lowest BCUT2D eigenvalue weighted by atomic mass is 10.0. The molecule has 1 heterocycles. The molecule has 1 N–H and O–H groups in total. The number of rotatable bonds is 7. The van der Waals surface area contributed by atoms with Crippen molar-refractivity contribution in [1.82, 2.24) is 0 Å². The molecule has 34 heavy (non-hydrogen) atoms. The first-order valence-corrected chi connectivity index (χ1v) is 12.1. The second-order valence-corrected chi connectivity index (χ2v) is 9.74. The Balaban J connectivity index is 1.45. The predicted molar refractivity (Wildman–Crippen MR) is 128 cm³/mol. The number of nitro benzene ring substituents is 1. The normalized spacial score (nSPS) is 13.1. The van der Waals surface area contributed by atoms with Gasteiger partial charge in [-0.25, -0.2) is 8.42 Å². The van der Waals surface area contributed by atoms with Gasteiger partial charge in [0, 0.05) is 24.4 Å². The van der Waals surface area contributed by atoms with Gasteiger partial charge >= 0.3 is 0 Å². The van der Waals surface area contributed by atoms with Gasteiger partial charge in [0.2, 0.25) is 0 Å². The molecular formula is C24H23N3O6S. The van der Waals surface area contributed by atoms with Crippen molar-refractivity contribution in [2.24, 2.45) is 0 Å². The Morgan fingerprint density at radius 2 is 1.91 bits per heavy atom. The Morgan fingerprint density at radius 1 is 1.12 bits per heavy atom. The van der Waals surface area contributed by atoms with Gasteiger partial charge in [0.05, 0.1) is 15.5 Å². The fraction of sp³-hybridized carbons (Fsp3) is 0.208. The van der Waals surface area contributed by atoms with E-state index < -0.39 is 20.9 Å². The van der Waals surface area contributed by atoms with Crippen LogP contribution in [0.5, 0.6) is 5.75 Å². The molecule has 4 rings (SSSR count). The highest BCUT2D eigenvalue weighted by Gasteiger charge is 2.29. The lowest BCUT2D eigenvalue weighted by molar-refractivity contribution is -0.384. The Kier molecular flexibility index (Phi) is 6.51. The van der Waals surface area contributed by atoms with Gasteiger partial charge in [0.1, 0.15) is 5.75 Å². The van der Waals surface area contributed by atoms with Crippen molar-refractivity contribution in [2.45, 2.75) is 24.7 Å². The number of hydrogen-bond donors (Lipinski definition) is 1. The van der Waals surface area contributed by atoms with Crippen molar-refractivity contribution in [3.8, 4) is 5.75 Å². The van der Waals surface area contributed by atoms with Crippen LogP contribution >= 0.6 is 0 Å². The van der Waals surface area contributed by atoms with E-state index >= 15 is 0 Å². The van der Waals surface area contributed by atoms with E-state index in [0.29, 0.717) is 23.5 Å². The van der Waals surface area contributed by atoms with Crippen molar-refractivity contribution in [2.75, 3.05) is 22.8 Å². The van der Waals surface area contributed by atoms with Crippen LogP contribution in [0, 0.1) is 17.0 Å². The zero-order chi connectivity index (χ0) is 24.3. The third kappa shape index (κ3) is 4.86. The third-order valence-corrected chi connectivity index (χ3v) is 7.31. The van der Waals surface area contributed by atoms with E-state index in [0.717, 1.165) is 18.4 Å². The van der Waals surface area contributed by atoms with Crippen molar-refractivity contribution >= 4 is 33.0 Å². The molecule has 176 valence electrons. The fourth-order valence-corrected chi connectivity index (χ4v) is 5.48. The Hall–Kier alpha value is -3.92. The maximum atomic E-state index is 13.3. The second kappa shape index (κ2) is 9.52. The largest absolute Gasteiger partial charge is 0.483 e. The molecule has 0 saturated heterocycles. The summed E-state index contributed by atoms with van der Waals surface area (Å²) in [5, 5.41) is 13.4. The molecule has 3 aromatic carbocycles. The van der Waals surface area contributed by atoms with Crippen LogP contribution in [0.15, 0.2) is 71.6 Å². The topological polar surface area (TPSA) is 119 Å². The fourth-order valence-electron chi connectivity index (χ4n) is 3.86. The summed E-state index contributed by atoms with van der Waals surface area (Å²) in [5.41, 5.74) is 2.41. The Bertz CT molecular complexity index is 1360. The van der Waals surface area contributed by atoms with E-state index in [1.807, 2.05) is 24.3 Å². The van der Waals surface area contributed by atoms with Gasteiger partial charge in [-0.2, -0.15) is 0 Å². The van der Waals surface area contributed by atoms with E-state index in [1.165, 1.54) is 46.8 Å². The molecule has 0 atom stereocenters. The number of hydrogen-bond acceptors (Lipinski definition) is 6. The number of aryl methyl sites for hydroxylation is 2. The standard InChI is InChI=1S/C24H23N3O6S/c1-17-14-21(34(31,32)26-13-5-7-18-6-2-3-10-22(18)26)11-12-23(17)33-16-24(28)25-19-8-4-9-20(15-19)27(29)30/h2-4,6,8-12,14-15H,5,7,13,16H2,1H3,(H,25,28). The first-order valence-electron chi connectivity index (χ1n) is 10.6. The number of sulfonamides is 1. The van der Waals surface area contributed by atoms with Crippen molar-refractivity contribution < 1.29 is 22.9 Å². The van der Waals surface area contributed by atoms with Gasteiger partial charge in [0.15, 0.2) is 6.61 Å². The minimum atomic E-state index is -3.75. The number of amides is 1. The molecule has 0 fully saturated rings. The summed E-state index contributed by atoms with van der Waals surface area (Å²) in [5.74, 6) is -0.131. The van der Waals surface area contributed by atoms with Crippen LogP contribution in [0.25, 0.3) is 0 Å². The number of anilines is 2. The van der Waals surface area contributed by atoms with Crippen LogP contribution in [-0.2, 0) is 21.2 Å². The number of nitrogens with one attached hydrogen (secondary N) is 1. The first-order chi connectivity index (χ1) is 16.3. The van der Waals surface area contributed by atoms with Crippen LogP contribution in [0.4, 0.5) is 17.1 Å². The van der Waals surface area contributed by atoms with Crippen LogP contribution in [0.2, 0.25) is 0 Å². The lowest BCUT2D eigenvalue weighted by Crippen LogP contribution is -2.35. The first kappa shape index (κ1) is 23.2. The molecular weight excluding hydrogens is 458 g/mol. The molecule has 0 bridgehead atoms. The van der Waals surface area contributed by atoms with E-state index in [4.69, 9.17) is 4.74 Å².